The van der Waals surface area contributed by atoms with Crippen LogP contribution in [0.2, 0.25) is 0 Å². The maximum atomic E-state index is 12.5. The zero-order valence-corrected chi connectivity index (χ0v) is 11.3. The molecule has 0 spiro atoms. The summed E-state index contributed by atoms with van der Waals surface area (Å²) >= 11 is 0. The number of alkyl halides is 3. The van der Waals surface area contributed by atoms with E-state index in [1.54, 1.807) is 6.07 Å². The van der Waals surface area contributed by atoms with Crippen molar-refractivity contribution < 1.29 is 27.8 Å². The number of nitrogens with one attached hydrogen (secondary N) is 1. The Hall–Kier alpha value is -2.27. The highest BCUT2D eigenvalue weighted by Crippen LogP contribution is 2.31. The lowest BCUT2D eigenvalue weighted by atomic mass is 10.1. The second kappa shape index (κ2) is 6.01. The number of benzene rings is 1. The molecule has 0 bridgehead atoms. The lowest BCUT2D eigenvalue weighted by Gasteiger charge is -2.21. The zero-order chi connectivity index (χ0) is 16.3. The van der Waals surface area contributed by atoms with Gasteiger partial charge in [-0.2, -0.15) is 18.4 Å². The van der Waals surface area contributed by atoms with Crippen LogP contribution in [0.15, 0.2) is 18.2 Å². The average molecular weight is 302 g/mol. The minimum atomic E-state index is -4.55. The van der Waals surface area contributed by atoms with E-state index in [4.69, 9.17) is 5.26 Å². The summed E-state index contributed by atoms with van der Waals surface area (Å²) in [6.07, 6.45) is -4.55. The monoisotopic (exact) mass is 302 g/mol. The Bertz CT molecular complexity index is 577. The first-order valence-corrected chi connectivity index (χ1v) is 5.78. The average Bonchev–Trinajstić information content (AvgIpc) is 2.42. The number of anilines is 1. The van der Waals surface area contributed by atoms with Gasteiger partial charge in [-0.05, 0) is 25.1 Å². The molecule has 0 saturated carbocycles. The molecule has 0 aliphatic carbocycles. The fourth-order valence-corrected chi connectivity index (χ4v) is 1.53. The molecule has 0 saturated heterocycles. The number of esters is 1. The zero-order valence-electron chi connectivity index (χ0n) is 11.3. The molecule has 114 valence electrons. The molecule has 0 fully saturated rings. The molecule has 0 aliphatic heterocycles. The molecule has 0 aliphatic rings. The molecule has 2 N–H and O–H groups in total. The number of aliphatic hydroxyl groups is 1. The smallest absolute Gasteiger partial charge is 0.416 e. The van der Waals surface area contributed by atoms with Gasteiger partial charge in [-0.25, -0.2) is 4.79 Å². The highest BCUT2D eigenvalue weighted by molar-refractivity contribution is 5.79. The van der Waals surface area contributed by atoms with Gasteiger partial charge in [0.15, 0.2) is 5.60 Å². The van der Waals surface area contributed by atoms with Crippen molar-refractivity contribution in [3.05, 3.63) is 29.3 Å². The molecule has 1 aromatic rings. The quantitative estimate of drug-likeness (QED) is 0.830. The standard InChI is InChI=1S/C13H13F3N2O3/c1-12(20,11(19)21-2)7-18-10-4-3-9(13(14,15)16)5-8(10)6-17/h3-5,18,20H,7H2,1-2H3. The predicted octanol–water partition coefficient (Wildman–Crippen LogP) is 1.91. The topological polar surface area (TPSA) is 82.3 Å². The van der Waals surface area contributed by atoms with E-state index in [2.05, 4.69) is 10.1 Å². The molecule has 1 aromatic carbocycles. The lowest BCUT2D eigenvalue weighted by molar-refractivity contribution is -0.158. The van der Waals surface area contributed by atoms with Crippen molar-refractivity contribution in [1.29, 1.82) is 5.26 Å². The first kappa shape index (κ1) is 16.8. The number of rotatable bonds is 4. The van der Waals surface area contributed by atoms with Crippen molar-refractivity contribution in [2.24, 2.45) is 0 Å². The van der Waals surface area contributed by atoms with E-state index in [0.29, 0.717) is 6.07 Å². The summed E-state index contributed by atoms with van der Waals surface area (Å²) in [5, 5.41) is 21.2. The highest BCUT2D eigenvalue weighted by atomic mass is 19.4. The van der Waals surface area contributed by atoms with Crippen LogP contribution in [0.1, 0.15) is 18.1 Å². The minimum Gasteiger partial charge on any atom is -0.467 e. The Morgan fingerprint density at radius 1 is 1.48 bits per heavy atom. The maximum absolute atomic E-state index is 12.5. The van der Waals surface area contributed by atoms with Crippen LogP contribution >= 0.6 is 0 Å². The SMILES string of the molecule is COC(=O)C(C)(O)CNc1ccc(C(F)(F)F)cc1C#N. The Kier molecular flexibility index (Phi) is 4.80. The first-order valence-electron chi connectivity index (χ1n) is 5.78. The van der Waals surface area contributed by atoms with E-state index in [9.17, 15) is 23.1 Å². The van der Waals surface area contributed by atoms with Crippen LogP contribution in [0.4, 0.5) is 18.9 Å². The van der Waals surface area contributed by atoms with Crippen molar-refractivity contribution in [1.82, 2.24) is 0 Å². The summed E-state index contributed by atoms with van der Waals surface area (Å²) in [6.45, 7) is 0.863. The van der Waals surface area contributed by atoms with Gasteiger partial charge >= 0.3 is 12.1 Å². The van der Waals surface area contributed by atoms with Gasteiger partial charge in [-0.1, -0.05) is 0 Å². The van der Waals surface area contributed by atoms with E-state index in [1.165, 1.54) is 6.92 Å². The van der Waals surface area contributed by atoms with Crippen LogP contribution in [0.3, 0.4) is 0 Å². The highest BCUT2D eigenvalue weighted by Gasteiger charge is 2.33. The molecule has 0 heterocycles. The van der Waals surface area contributed by atoms with Crippen molar-refractivity contribution in [3.8, 4) is 6.07 Å². The third kappa shape index (κ3) is 4.10. The summed E-state index contributed by atoms with van der Waals surface area (Å²) in [7, 11) is 1.09. The van der Waals surface area contributed by atoms with Gasteiger partial charge in [-0.15, -0.1) is 0 Å². The number of methoxy groups -OCH3 is 1. The Morgan fingerprint density at radius 2 is 2.10 bits per heavy atom. The fourth-order valence-electron chi connectivity index (χ4n) is 1.53. The van der Waals surface area contributed by atoms with Crippen LogP contribution in [0, 0.1) is 11.3 Å². The van der Waals surface area contributed by atoms with Crippen LogP contribution in [-0.2, 0) is 15.7 Å². The molecule has 1 atom stereocenters. The number of hydrogen-bond acceptors (Lipinski definition) is 5. The number of halogens is 3. The van der Waals surface area contributed by atoms with Crippen molar-refractivity contribution in [2.75, 3.05) is 19.0 Å². The second-order valence-corrected chi connectivity index (χ2v) is 4.49. The van der Waals surface area contributed by atoms with Crippen LogP contribution in [0.25, 0.3) is 0 Å². The van der Waals surface area contributed by atoms with E-state index in [-0.39, 0.29) is 17.8 Å². The van der Waals surface area contributed by atoms with Gasteiger partial charge < -0.3 is 15.2 Å². The Balaban J connectivity index is 2.96. The van der Waals surface area contributed by atoms with E-state index in [0.717, 1.165) is 19.2 Å². The molecule has 0 aromatic heterocycles. The predicted molar refractivity (Wildman–Crippen MR) is 67.3 cm³/mol. The van der Waals surface area contributed by atoms with Crippen molar-refractivity contribution in [3.63, 3.8) is 0 Å². The normalized spacial score (nSPS) is 14.0. The molecule has 0 radical (unpaired) electrons. The van der Waals surface area contributed by atoms with Gasteiger partial charge in [0.1, 0.15) is 6.07 Å². The Morgan fingerprint density at radius 3 is 2.57 bits per heavy atom. The van der Waals surface area contributed by atoms with Crippen molar-refractivity contribution in [2.45, 2.75) is 18.7 Å². The van der Waals surface area contributed by atoms with E-state index < -0.39 is 23.3 Å². The summed E-state index contributed by atoms with van der Waals surface area (Å²) < 4.78 is 42.0. The third-order valence-electron chi connectivity index (χ3n) is 2.72. The third-order valence-corrected chi connectivity index (χ3v) is 2.72. The van der Waals surface area contributed by atoms with Crippen LogP contribution in [0.5, 0.6) is 0 Å². The number of nitriles is 1. The number of carbonyl (C=O) groups is 1. The molecular weight excluding hydrogens is 289 g/mol. The summed E-state index contributed by atoms with van der Waals surface area (Å²) in [4.78, 5) is 11.3. The number of hydrogen-bond donors (Lipinski definition) is 2. The van der Waals surface area contributed by atoms with Gasteiger partial charge in [0.25, 0.3) is 0 Å². The summed E-state index contributed by atoms with van der Waals surface area (Å²) in [6, 6.07) is 4.18. The van der Waals surface area contributed by atoms with E-state index in [1.807, 2.05) is 0 Å². The van der Waals surface area contributed by atoms with Crippen LogP contribution < -0.4 is 5.32 Å². The molecule has 0 amide bonds. The van der Waals surface area contributed by atoms with Gasteiger partial charge in [0, 0.05) is 0 Å². The molecule has 5 nitrogen and oxygen atoms in total. The van der Waals surface area contributed by atoms with Crippen LogP contribution in [-0.4, -0.2) is 30.3 Å². The Labute approximate surface area is 118 Å². The van der Waals surface area contributed by atoms with Gasteiger partial charge in [-0.3, -0.25) is 0 Å². The van der Waals surface area contributed by atoms with Crippen molar-refractivity contribution >= 4 is 11.7 Å². The van der Waals surface area contributed by atoms with Gasteiger partial charge in [0.05, 0.1) is 30.5 Å². The summed E-state index contributed by atoms with van der Waals surface area (Å²) in [5.74, 6) is -0.902. The van der Waals surface area contributed by atoms with Gasteiger partial charge in [0.2, 0.25) is 0 Å². The molecule has 21 heavy (non-hydrogen) atoms. The first-order chi connectivity index (χ1) is 9.61. The molecule has 8 heteroatoms. The number of nitrogens with zero attached hydrogens (tertiary/aromatic N) is 1. The number of carbonyl (C=O) groups excluding carboxylic acids is 1. The molecule has 1 rings (SSSR count). The summed E-state index contributed by atoms with van der Waals surface area (Å²) in [5.41, 5.74) is -2.99. The molecule has 1 unspecified atom stereocenters. The lowest BCUT2D eigenvalue weighted by Crippen LogP contribution is -2.42. The van der Waals surface area contributed by atoms with E-state index >= 15 is 0 Å². The number of ether oxygens (including phenoxy) is 1. The fraction of sp³-hybridized carbons (Fsp3) is 0.385. The second-order valence-electron chi connectivity index (χ2n) is 4.49. The maximum Gasteiger partial charge on any atom is 0.416 e. The molecular formula is C13H13F3N2O3. The minimum absolute atomic E-state index is 0.0784. The largest absolute Gasteiger partial charge is 0.467 e.